The zero-order valence-corrected chi connectivity index (χ0v) is 11.0. The van der Waals surface area contributed by atoms with Crippen molar-refractivity contribution < 1.29 is 9.53 Å². The molecule has 2 heterocycles. The first-order valence-corrected chi connectivity index (χ1v) is 6.52. The molecule has 1 amide bonds. The molecule has 6 heteroatoms. The third-order valence-electron chi connectivity index (χ3n) is 3.22. The quantitative estimate of drug-likeness (QED) is 0.816. The third kappa shape index (κ3) is 2.65. The van der Waals surface area contributed by atoms with Gasteiger partial charge in [0, 0.05) is 18.5 Å². The number of hydrogen-bond acceptors (Lipinski definition) is 4. The Balaban J connectivity index is 1.74. The Morgan fingerprint density at radius 3 is 3.10 bits per heavy atom. The lowest BCUT2D eigenvalue weighted by atomic mass is 10.2. The van der Waals surface area contributed by atoms with Crippen molar-refractivity contribution >= 4 is 11.6 Å². The minimum atomic E-state index is -0.178. The van der Waals surface area contributed by atoms with Gasteiger partial charge in [-0.3, -0.25) is 4.79 Å². The van der Waals surface area contributed by atoms with Crippen LogP contribution in [0.25, 0.3) is 5.69 Å². The average Bonchev–Trinajstić information content (AvgIpc) is 3.09. The number of ether oxygens (including phenoxy) is 1. The van der Waals surface area contributed by atoms with Gasteiger partial charge in [0.15, 0.2) is 5.69 Å². The Morgan fingerprint density at radius 2 is 2.35 bits per heavy atom. The summed E-state index contributed by atoms with van der Waals surface area (Å²) in [6.07, 6.45) is 2.59. The van der Waals surface area contributed by atoms with Gasteiger partial charge >= 0.3 is 0 Å². The van der Waals surface area contributed by atoms with Crippen molar-refractivity contribution in [2.75, 3.05) is 18.9 Å². The fourth-order valence-electron chi connectivity index (χ4n) is 2.16. The highest BCUT2D eigenvalue weighted by molar-refractivity contribution is 5.92. The third-order valence-corrected chi connectivity index (χ3v) is 3.22. The largest absolute Gasteiger partial charge is 0.399 e. The SMILES string of the molecule is Nc1cccc(-n2ccc(C(=O)NC3CCOC3)n2)c1. The number of anilines is 1. The van der Waals surface area contributed by atoms with Crippen LogP contribution < -0.4 is 11.1 Å². The van der Waals surface area contributed by atoms with E-state index in [4.69, 9.17) is 10.5 Å². The van der Waals surface area contributed by atoms with Crippen LogP contribution in [0.5, 0.6) is 0 Å². The monoisotopic (exact) mass is 272 g/mol. The number of benzene rings is 1. The van der Waals surface area contributed by atoms with Crippen LogP contribution in [0, 0.1) is 0 Å². The smallest absolute Gasteiger partial charge is 0.272 e. The molecule has 104 valence electrons. The number of amides is 1. The molecule has 2 aromatic rings. The lowest BCUT2D eigenvalue weighted by Gasteiger charge is -2.08. The first-order valence-electron chi connectivity index (χ1n) is 6.52. The number of carbonyl (C=O) groups is 1. The van der Waals surface area contributed by atoms with Gasteiger partial charge in [-0.15, -0.1) is 0 Å². The number of nitrogen functional groups attached to an aromatic ring is 1. The molecule has 0 bridgehead atoms. The fraction of sp³-hybridized carbons (Fsp3) is 0.286. The van der Waals surface area contributed by atoms with Crippen LogP contribution in [0.15, 0.2) is 36.5 Å². The second kappa shape index (κ2) is 5.34. The molecule has 1 aromatic carbocycles. The molecule has 1 aliphatic heterocycles. The number of nitrogens with zero attached hydrogens (tertiary/aromatic N) is 2. The van der Waals surface area contributed by atoms with Gasteiger partial charge in [-0.25, -0.2) is 4.68 Å². The summed E-state index contributed by atoms with van der Waals surface area (Å²) in [6.45, 7) is 1.27. The van der Waals surface area contributed by atoms with E-state index in [0.29, 0.717) is 24.6 Å². The van der Waals surface area contributed by atoms with Gasteiger partial charge < -0.3 is 15.8 Å². The predicted octanol–water partition coefficient (Wildman–Crippen LogP) is 0.973. The van der Waals surface area contributed by atoms with Crippen LogP contribution in [-0.4, -0.2) is 34.9 Å². The van der Waals surface area contributed by atoms with E-state index in [0.717, 1.165) is 12.1 Å². The molecule has 1 unspecified atom stereocenters. The first kappa shape index (κ1) is 12.7. The van der Waals surface area contributed by atoms with Gasteiger partial charge in [0.25, 0.3) is 5.91 Å². The maximum atomic E-state index is 12.0. The van der Waals surface area contributed by atoms with Gasteiger partial charge in [-0.2, -0.15) is 5.10 Å². The summed E-state index contributed by atoms with van der Waals surface area (Å²) in [5.74, 6) is -0.178. The zero-order chi connectivity index (χ0) is 13.9. The van der Waals surface area contributed by atoms with E-state index in [1.54, 1.807) is 29.1 Å². The number of hydrogen-bond donors (Lipinski definition) is 2. The van der Waals surface area contributed by atoms with Crippen LogP contribution in [0.2, 0.25) is 0 Å². The van der Waals surface area contributed by atoms with Crippen molar-refractivity contribution in [2.45, 2.75) is 12.5 Å². The van der Waals surface area contributed by atoms with Crippen molar-refractivity contribution in [2.24, 2.45) is 0 Å². The molecule has 0 saturated carbocycles. The van der Waals surface area contributed by atoms with Crippen molar-refractivity contribution in [3.05, 3.63) is 42.2 Å². The lowest BCUT2D eigenvalue weighted by molar-refractivity contribution is 0.0924. The lowest BCUT2D eigenvalue weighted by Crippen LogP contribution is -2.35. The molecule has 20 heavy (non-hydrogen) atoms. The molecule has 1 fully saturated rings. The molecule has 1 aromatic heterocycles. The maximum absolute atomic E-state index is 12.0. The molecule has 1 atom stereocenters. The maximum Gasteiger partial charge on any atom is 0.272 e. The van der Waals surface area contributed by atoms with Gasteiger partial charge in [0.2, 0.25) is 0 Å². The normalized spacial score (nSPS) is 18.1. The number of aromatic nitrogens is 2. The van der Waals surface area contributed by atoms with E-state index < -0.39 is 0 Å². The Labute approximate surface area is 116 Å². The second-order valence-electron chi connectivity index (χ2n) is 4.77. The van der Waals surface area contributed by atoms with Crippen LogP contribution in [-0.2, 0) is 4.74 Å². The van der Waals surface area contributed by atoms with E-state index >= 15 is 0 Å². The highest BCUT2D eigenvalue weighted by Gasteiger charge is 2.19. The fourth-order valence-corrected chi connectivity index (χ4v) is 2.16. The van der Waals surface area contributed by atoms with Crippen LogP contribution in [0.4, 0.5) is 5.69 Å². The summed E-state index contributed by atoms with van der Waals surface area (Å²) < 4.78 is 6.86. The summed E-state index contributed by atoms with van der Waals surface area (Å²) >= 11 is 0. The number of nitrogens with two attached hydrogens (primary N) is 1. The molecule has 0 aliphatic carbocycles. The summed E-state index contributed by atoms with van der Waals surface area (Å²) in [6, 6.07) is 9.12. The molecule has 1 saturated heterocycles. The van der Waals surface area contributed by atoms with Crippen molar-refractivity contribution in [3.63, 3.8) is 0 Å². The number of rotatable bonds is 3. The van der Waals surface area contributed by atoms with Crippen molar-refractivity contribution in [3.8, 4) is 5.69 Å². The summed E-state index contributed by atoms with van der Waals surface area (Å²) in [4.78, 5) is 12.0. The van der Waals surface area contributed by atoms with E-state index in [9.17, 15) is 4.79 Å². The van der Waals surface area contributed by atoms with Crippen LogP contribution in [0.1, 0.15) is 16.9 Å². The summed E-state index contributed by atoms with van der Waals surface area (Å²) in [5.41, 5.74) is 7.61. The van der Waals surface area contributed by atoms with E-state index in [1.165, 1.54) is 0 Å². The Hall–Kier alpha value is -2.34. The first-order chi connectivity index (χ1) is 9.72. The Kier molecular flexibility index (Phi) is 3.39. The van der Waals surface area contributed by atoms with Crippen LogP contribution >= 0.6 is 0 Å². The molecule has 1 aliphatic rings. The molecule has 3 N–H and O–H groups in total. The minimum absolute atomic E-state index is 0.0834. The molecule has 6 nitrogen and oxygen atoms in total. The molecule has 3 rings (SSSR count). The Bertz CT molecular complexity index is 617. The van der Waals surface area contributed by atoms with Gasteiger partial charge in [-0.1, -0.05) is 6.07 Å². The predicted molar refractivity (Wildman–Crippen MR) is 74.7 cm³/mol. The average molecular weight is 272 g/mol. The zero-order valence-electron chi connectivity index (χ0n) is 11.0. The summed E-state index contributed by atoms with van der Waals surface area (Å²) in [7, 11) is 0. The highest BCUT2D eigenvalue weighted by Crippen LogP contribution is 2.12. The molecular formula is C14H16N4O2. The van der Waals surface area contributed by atoms with E-state index in [1.807, 2.05) is 12.1 Å². The topological polar surface area (TPSA) is 82.2 Å². The van der Waals surface area contributed by atoms with Gasteiger partial charge in [-0.05, 0) is 30.7 Å². The molecular weight excluding hydrogens is 256 g/mol. The standard InChI is InChI=1S/C14H16N4O2/c15-10-2-1-3-12(8-10)18-6-4-13(17-18)14(19)16-11-5-7-20-9-11/h1-4,6,8,11H,5,7,9,15H2,(H,16,19). The molecule has 0 spiro atoms. The Morgan fingerprint density at radius 1 is 1.45 bits per heavy atom. The number of nitrogens with one attached hydrogen (secondary N) is 1. The van der Waals surface area contributed by atoms with E-state index in [2.05, 4.69) is 10.4 Å². The van der Waals surface area contributed by atoms with Crippen molar-refractivity contribution in [1.29, 1.82) is 0 Å². The molecule has 0 radical (unpaired) electrons. The van der Waals surface area contributed by atoms with E-state index in [-0.39, 0.29) is 11.9 Å². The van der Waals surface area contributed by atoms with Gasteiger partial charge in [0.1, 0.15) is 0 Å². The second-order valence-corrected chi connectivity index (χ2v) is 4.77. The number of carbonyl (C=O) groups excluding carboxylic acids is 1. The summed E-state index contributed by atoms with van der Waals surface area (Å²) in [5, 5.41) is 7.18. The minimum Gasteiger partial charge on any atom is -0.399 e. The van der Waals surface area contributed by atoms with Crippen LogP contribution in [0.3, 0.4) is 0 Å². The van der Waals surface area contributed by atoms with Crippen molar-refractivity contribution in [1.82, 2.24) is 15.1 Å². The highest BCUT2D eigenvalue weighted by atomic mass is 16.5. The van der Waals surface area contributed by atoms with Gasteiger partial charge in [0.05, 0.1) is 18.3 Å².